The van der Waals surface area contributed by atoms with E-state index in [1.807, 2.05) is 18.5 Å². The van der Waals surface area contributed by atoms with Crippen molar-refractivity contribution in [1.82, 2.24) is 34.6 Å². The van der Waals surface area contributed by atoms with Crippen molar-refractivity contribution in [3.8, 4) is 28.9 Å². The summed E-state index contributed by atoms with van der Waals surface area (Å²) in [5.74, 6) is 0.483. The first-order valence-electron chi connectivity index (χ1n) is 12.9. The molecule has 0 radical (unpaired) electrons. The van der Waals surface area contributed by atoms with Crippen LogP contribution in [0.2, 0.25) is 0 Å². The molecule has 5 heterocycles. The molecule has 0 saturated heterocycles. The zero-order valence-corrected chi connectivity index (χ0v) is 21.7. The van der Waals surface area contributed by atoms with Crippen LogP contribution < -0.4 is 14.8 Å². The summed E-state index contributed by atoms with van der Waals surface area (Å²) in [5.41, 5.74) is 4.87. The Labute approximate surface area is 224 Å². The van der Waals surface area contributed by atoms with Crippen molar-refractivity contribution in [1.29, 1.82) is 5.26 Å². The van der Waals surface area contributed by atoms with E-state index in [0.717, 1.165) is 61.2 Å². The first-order chi connectivity index (χ1) is 19.0. The van der Waals surface area contributed by atoms with E-state index in [4.69, 9.17) is 19.8 Å². The second-order valence-corrected chi connectivity index (χ2v) is 9.98. The van der Waals surface area contributed by atoms with Crippen LogP contribution in [0, 0.1) is 24.2 Å². The second-order valence-electron chi connectivity index (χ2n) is 9.98. The highest BCUT2D eigenvalue weighted by Gasteiger charge is 2.36. The summed E-state index contributed by atoms with van der Waals surface area (Å²) < 4.78 is 29.0. The van der Waals surface area contributed by atoms with Crippen molar-refractivity contribution in [2.24, 2.45) is 0 Å². The molecule has 12 heteroatoms. The summed E-state index contributed by atoms with van der Waals surface area (Å²) in [6.07, 6.45) is 7.76. The maximum absolute atomic E-state index is 13.4. The minimum Gasteiger partial charge on any atom is -0.493 e. The number of aromatic nitrogens is 5. The molecule has 202 valence electrons. The smallest absolute Gasteiger partial charge is 0.176 e. The molecule has 0 spiro atoms. The van der Waals surface area contributed by atoms with Gasteiger partial charge < -0.3 is 19.9 Å². The van der Waals surface area contributed by atoms with Gasteiger partial charge in [0.25, 0.3) is 0 Å². The molecule has 4 aromatic heterocycles. The van der Waals surface area contributed by atoms with Crippen LogP contribution in [-0.4, -0.2) is 66.7 Å². The van der Waals surface area contributed by atoms with Gasteiger partial charge in [-0.2, -0.15) is 15.5 Å². The fourth-order valence-corrected chi connectivity index (χ4v) is 5.50. The molecule has 11 nitrogen and oxygen atoms in total. The van der Waals surface area contributed by atoms with E-state index in [-0.39, 0.29) is 12.6 Å². The van der Waals surface area contributed by atoms with Crippen molar-refractivity contribution in [3.63, 3.8) is 0 Å². The maximum atomic E-state index is 13.4. The summed E-state index contributed by atoms with van der Waals surface area (Å²) in [5, 5.41) is 31.2. The first-order valence-corrected chi connectivity index (χ1v) is 12.9. The topological polar surface area (TPSA) is 126 Å². The highest BCUT2D eigenvalue weighted by molar-refractivity contribution is 5.75. The lowest BCUT2D eigenvalue weighted by atomic mass is 9.85. The van der Waals surface area contributed by atoms with Gasteiger partial charge in [0.1, 0.15) is 5.82 Å². The molecule has 39 heavy (non-hydrogen) atoms. The number of nitrogens with zero attached hydrogens (tertiary/aromatic N) is 7. The number of halogens is 1. The Morgan fingerprint density at radius 3 is 2.82 bits per heavy atom. The molecule has 2 N–H and O–H groups in total. The molecule has 1 fully saturated rings. The molecule has 4 aromatic rings. The van der Waals surface area contributed by atoms with Crippen LogP contribution in [0.25, 0.3) is 16.8 Å². The number of nitriles is 1. The van der Waals surface area contributed by atoms with Crippen LogP contribution in [0.15, 0.2) is 36.8 Å². The number of hydrogen-bond donors (Lipinski definition) is 2. The summed E-state index contributed by atoms with van der Waals surface area (Å²) in [6, 6.07) is 5.38. The van der Waals surface area contributed by atoms with Crippen molar-refractivity contribution in [2.45, 2.75) is 51.0 Å². The minimum atomic E-state index is -0.823. The molecule has 1 saturated carbocycles. The van der Waals surface area contributed by atoms with Crippen molar-refractivity contribution >= 4 is 5.52 Å². The summed E-state index contributed by atoms with van der Waals surface area (Å²) >= 11 is 0. The van der Waals surface area contributed by atoms with Crippen LogP contribution in [-0.2, 0) is 13.1 Å². The van der Waals surface area contributed by atoms with E-state index >= 15 is 0 Å². The Morgan fingerprint density at radius 1 is 1.26 bits per heavy atom. The van der Waals surface area contributed by atoms with Crippen molar-refractivity contribution < 1.29 is 19.0 Å². The minimum absolute atomic E-state index is 0.271. The largest absolute Gasteiger partial charge is 0.493 e. The van der Waals surface area contributed by atoms with Crippen LogP contribution >= 0.6 is 0 Å². The number of methoxy groups -OCH3 is 1. The zero-order chi connectivity index (χ0) is 27.1. The SMILES string of the molecule is COc1cnn2cc(-c3nn4c(c3C)CN(C3CC(NC#N)C3)CC4)cc(OC(CO)c3ccc(F)cn3)c12. The lowest BCUT2D eigenvalue weighted by Gasteiger charge is -2.44. The number of rotatable bonds is 8. The van der Waals surface area contributed by atoms with Gasteiger partial charge in [0, 0.05) is 36.9 Å². The lowest BCUT2D eigenvalue weighted by molar-refractivity contribution is 0.0744. The molecular formula is C27H29FN8O3. The molecule has 1 unspecified atom stereocenters. The predicted octanol–water partition coefficient (Wildman–Crippen LogP) is 2.58. The van der Waals surface area contributed by atoms with Crippen molar-refractivity contribution in [2.75, 3.05) is 20.3 Å². The van der Waals surface area contributed by atoms with E-state index in [1.165, 1.54) is 12.1 Å². The van der Waals surface area contributed by atoms with E-state index in [1.54, 1.807) is 17.8 Å². The van der Waals surface area contributed by atoms with Gasteiger partial charge in [-0.05, 0) is 43.5 Å². The molecule has 2 aliphatic rings. The Balaban J connectivity index is 1.33. The van der Waals surface area contributed by atoms with Crippen LogP contribution in [0.3, 0.4) is 0 Å². The average molecular weight is 533 g/mol. The van der Waals surface area contributed by atoms with Crippen molar-refractivity contribution in [3.05, 3.63) is 59.6 Å². The number of aliphatic hydroxyl groups excluding tert-OH is 1. The van der Waals surface area contributed by atoms with E-state index in [9.17, 15) is 9.50 Å². The summed E-state index contributed by atoms with van der Waals surface area (Å²) in [6.45, 7) is 4.21. The number of nitrogens with one attached hydrogen (secondary N) is 1. The monoisotopic (exact) mass is 532 g/mol. The molecule has 1 aliphatic heterocycles. The normalized spacial score (nSPS) is 19.7. The second kappa shape index (κ2) is 10.2. The molecule has 0 bridgehead atoms. The Bertz CT molecular complexity index is 1540. The fourth-order valence-electron chi connectivity index (χ4n) is 5.50. The van der Waals surface area contributed by atoms with Gasteiger partial charge in [-0.15, -0.1) is 0 Å². The number of ether oxygens (including phenoxy) is 2. The number of hydrogen-bond acceptors (Lipinski definition) is 9. The van der Waals surface area contributed by atoms with Crippen LogP contribution in [0.5, 0.6) is 11.5 Å². The number of aliphatic hydroxyl groups is 1. The zero-order valence-electron chi connectivity index (χ0n) is 21.7. The van der Waals surface area contributed by atoms with E-state index < -0.39 is 11.9 Å². The van der Waals surface area contributed by atoms with Gasteiger partial charge in [0.05, 0.1) is 49.7 Å². The third-order valence-corrected chi connectivity index (χ3v) is 7.72. The molecule has 1 atom stereocenters. The Kier molecular flexibility index (Phi) is 6.54. The first kappa shape index (κ1) is 25.1. The van der Waals surface area contributed by atoms with Gasteiger partial charge in [0.15, 0.2) is 29.3 Å². The van der Waals surface area contributed by atoms with Gasteiger partial charge in [-0.3, -0.25) is 14.6 Å². The van der Waals surface area contributed by atoms with Gasteiger partial charge >= 0.3 is 0 Å². The van der Waals surface area contributed by atoms with Gasteiger partial charge in [0.2, 0.25) is 0 Å². The highest BCUT2D eigenvalue weighted by atomic mass is 19.1. The van der Waals surface area contributed by atoms with Crippen LogP contribution in [0.4, 0.5) is 4.39 Å². The average Bonchev–Trinajstić information content (AvgIpc) is 3.50. The molecular weight excluding hydrogens is 503 g/mol. The predicted molar refractivity (Wildman–Crippen MR) is 138 cm³/mol. The third-order valence-electron chi connectivity index (χ3n) is 7.72. The van der Waals surface area contributed by atoms with E-state index in [0.29, 0.717) is 28.8 Å². The fraction of sp³-hybridized carbons (Fsp3) is 0.407. The Morgan fingerprint density at radius 2 is 2.10 bits per heavy atom. The standard InChI is InChI=1S/C27H29FN8O3/c1-16-22-13-34(20-8-19(9-20)31-15-29)5-6-35(22)33-26(16)17-7-23(27-24(38-2)11-32-36(27)12-17)39-25(14-37)21-4-3-18(28)10-30-21/h3-4,7,10-12,19-20,25,31,37H,5-6,8-9,13-14H2,1-2H3. The van der Waals surface area contributed by atoms with Gasteiger partial charge in [-0.1, -0.05) is 0 Å². The lowest BCUT2D eigenvalue weighted by Crippen LogP contribution is -2.53. The number of pyridine rings is 2. The van der Waals surface area contributed by atoms with Crippen LogP contribution in [0.1, 0.15) is 35.9 Å². The Hall–Kier alpha value is -4.21. The third kappa shape index (κ3) is 4.53. The molecule has 0 amide bonds. The summed E-state index contributed by atoms with van der Waals surface area (Å²) in [7, 11) is 1.56. The molecule has 0 aromatic carbocycles. The summed E-state index contributed by atoms with van der Waals surface area (Å²) in [4.78, 5) is 6.56. The molecule has 6 rings (SSSR count). The highest BCUT2D eigenvalue weighted by Crippen LogP contribution is 2.38. The maximum Gasteiger partial charge on any atom is 0.176 e. The van der Waals surface area contributed by atoms with Gasteiger partial charge in [-0.25, -0.2) is 8.91 Å². The number of fused-ring (bicyclic) bond motifs is 2. The van der Waals surface area contributed by atoms with E-state index in [2.05, 4.69) is 31.9 Å². The molecule has 1 aliphatic carbocycles. The quantitative estimate of drug-likeness (QED) is 0.260.